The Hall–Kier alpha value is -2.51. The van der Waals surface area contributed by atoms with E-state index in [1.54, 1.807) is 6.92 Å². The molecule has 0 atom stereocenters. The van der Waals surface area contributed by atoms with Crippen molar-refractivity contribution in [3.8, 4) is 0 Å². The van der Waals surface area contributed by atoms with Crippen LogP contribution in [-0.2, 0) is 9.53 Å². The first-order chi connectivity index (χ1) is 9.69. The Labute approximate surface area is 120 Å². The second kappa shape index (κ2) is 6.29. The average molecular weight is 298 g/mol. The fourth-order valence-electron chi connectivity index (χ4n) is 1.56. The summed E-state index contributed by atoms with van der Waals surface area (Å²) in [5.74, 6) is -2.37. The lowest BCUT2D eigenvalue weighted by Crippen LogP contribution is -2.50. The predicted molar refractivity (Wildman–Crippen MR) is 71.2 cm³/mol. The smallest absolute Gasteiger partial charge is 0.331 e. The number of amides is 1. The highest BCUT2D eigenvalue weighted by Crippen LogP contribution is 2.20. The monoisotopic (exact) mass is 298 g/mol. The summed E-state index contributed by atoms with van der Waals surface area (Å²) in [5.41, 5.74) is -2.37. The van der Waals surface area contributed by atoms with Crippen molar-refractivity contribution < 1.29 is 23.6 Å². The third kappa shape index (κ3) is 3.98. The third-order valence-electron chi connectivity index (χ3n) is 2.61. The van der Waals surface area contributed by atoms with Crippen LogP contribution in [0.25, 0.3) is 0 Å². The van der Waals surface area contributed by atoms with Crippen LogP contribution in [0.2, 0.25) is 0 Å². The van der Waals surface area contributed by atoms with Gasteiger partial charge in [-0.2, -0.15) is 0 Å². The van der Waals surface area contributed by atoms with Crippen LogP contribution in [0, 0.1) is 15.9 Å². The van der Waals surface area contributed by atoms with Crippen molar-refractivity contribution >= 4 is 17.6 Å². The van der Waals surface area contributed by atoms with Crippen LogP contribution in [0.1, 0.15) is 31.1 Å². The van der Waals surface area contributed by atoms with Gasteiger partial charge < -0.3 is 10.1 Å². The van der Waals surface area contributed by atoms with Gasteiger partial charge in [0.25, 0.3) is 11.6 Å². The Morgan fingerprint density at radius 2 is 2.05 bits per heavy atom. The molecule has 0 aliphatic carbocycles. The van der Waals surface area contributed by atoms with Crippen LogP contribution in [0.4, 0.5) is 10.1 Å². The van der Waals surface area contributed by atoms with Gasteiger partial charge in [-0.1, -0.05) is 0 Å². The number of nitro benzene ring substituents is 1. The molecule has 0 bridgehead atoms. The number of hydrogen-bond acceptors (Lipinski definition) is 5. The molecule has 114 valence electrons. The minimum atomic E-state index is -1.37. The van der Waals surface area contributed by atoms with Crippen LogP contribution in [0.15, 0.2) is 18.2 Å². The number of carbonyl (C=O) groups is 2. The number of rotatable bonds is 5. The number of ether oxygens (including phenoxy) is 1. The van der Waals surface area contributed by atoms with Crippen molar-refractivity contribution in [1.29, 1.82) is 0 Å². The summed E-state index contributed by atoms with van der Waals surface area (Å²) >= 11 is 0. The number of nitrogens with one attached hydrogen (secondary N) is 1. The lowest BCUT2D eigenvalue weighted by molar-refractivity contribution is -0.385. The number of halogens is 1. The zero-order chi connectivity index (χ0) is 16.2. The quantitative estimate of drug-likeness (QED) is 0.507. The van der Waals surface area contributed by atoms with E-state index in [4.69, 9.17) is 4.74 Å². The van der Waals surface area contributed by atoms with Gasteiger partial charge in [-0.15, -0.1) is 0 Å². The van der Waals surface area contributed by atoms with Crippen LogP contribution in [0.3, 0.4) is 0 Å². The van der Waals surface area contributed by atoms with Crippen LogP contribution < -0.4 is 5.32 Å². The number of esters is 1. The summed E-state index contributed by atoms with van der Waals surface area (Å²) < 4.78 is 17.8. The first kappa shape index (κ1) is 16.5. The number of nitrogens with zero attached hydrogens (tertiary/aromatic N) is 1. The van der Waals surface area contributed by atoms with Gasteiger partial charge in [0.1, 0.15) is 16.9 Å². The molecule has 0 fully saturated rings. The first-order valence-electron chi connectivity index (χ1n) is 6.12. The van der Waals surface area contributed by atoms with E-state index in [1.807, 2.05) is 0 Å². The lowest BCUT2D eigenvalue weighted by atomic mass is 10.0. The molecule has 0 aliphatic rings. The van der Waals surface area contributed by atoms with Gasteiger partial charge in [0.05, 0.1) is 17.6 Å². The maximum absolute atomic E-state index is 13.0. The Morgan fingerprint density at radius 3 is 2.57 bits per heavy atom. The molecule has 8 heteroatoms. The number of carbonyl (C=O) groups excluding carboxylic acids is 2. The predicted octanol–water partition coefficient (Wildman–Crippen LogP) is 1.81. The second-order valence-corrected chi connectivity index (χ2v) is 4.72. The molecule has 1 amide bonds. The summed E-state index contributed by atoms with van der Waals surface area (Å²) in [5, 5.41) is 13.2. The molecule has 0 radical (unpaired) electrons. The zero-order valence-electron chi connectivity index (χ0n) is 11.8. The van der Waals surface area contributed by atoms with E-state index in [1.165, 1.54) is 13.8 Å². The molecule has 0 aliphatic heterocycles. The zero-order valence-corrected chi connectivity index (χ0v) is 11.8. The van der Waals surface area contributed by atoms with E-state index in [-0.39, 0.29) is 12.2 Å². The Balaban J connectivity index is 3.05. The number of benzene rings is 1. The maximum Gasteiger partial charge on any atom is 0.331 e. The maximum atomic E-state index is 13.0. The molecular weight excluding hydrogens is 283 g/mol. The molecule has 0 heterocycles. The first-order valence-corrected chi connectivity index (χ1v) is 6.12. The summed E-state index contributed by atoms with van der Waals surface area (Å²) in [6, 6.07) is 2.57. The minimum absolute atomic E-state index is 0.134. The molecule has 1 aromatic rings. The normalized spacial score (nSPS) is 10.9. The highest BCUT2D eigenvalue weighted by Gasteiger charge is 2.33. The van der Waals surface area contributed by atoms with E-state index < -0.39 is 33.8 Å². The highest BCUT2D eigenvalue weighted by atomic mass is 19.1. The molecule has 0 saturated heterocycles. The van der Waals surface area contributed by atoms with Crippen LogP contribution >= 0.6 is 0 Å². The molecule has 21 heavy (non-hydrogen) atoms. The molecule has 1 aromatic carbocycles. The SMILES string of the molecule is CCOC(=O)C(C)(C)NC(=O)c1ccc(F)cc1[N+](=O)[O-]. The Kier molecular flexibility index (Phi) is 4.96. The standard InChI is InChI=1S/C13H15FN2O5/c1-4-21-12(18)13(2,3)15-11(17)9-6-5-8(14)7-10(9)16(19)20/h5-7H,4H2,1-3H3,(H,15,17). The van der Waals surface area contributed by atoms with Crippen LogP contribution in [-0.4, -0.2) is 28.9 Å². The minimum Gasteiger partial charge on any atom is -0.464 e. The molecule has 1 N–H and O–H groups in total. The highest BCUT2D eigenvalue weighted by molar-refractivity contribution is 6.00. The fourth-order valence-corrected chi connectivity index (χ4v) is 1.56. The van der Waals surface area contributed by atoms with Gasteiger partial charge in [-0.05, 0) is 32.9 Å². The molecule has 0 saturated carbocycles. The van der Waals surface area contributed by atoms with E-state index in [0.717, 1.165) is 12.1 Å². The van der Waals surface area contributed by atoms with Crippen molar-refractivity contribution in [2.75, 3.05) is 6.61 Å². The van der Waals surface area contributed by atoms with Crippen molar-refractivity contribution in [3.63, 3.8) is 0 Å². The third-order valence-corrected chi connectivity index (χ3v) is 2.61. The topological polar surface area (TPSA) is 98.5 Å². The van der Waals surface area contributed by atoms with E-state index in [9.17, 15) is 24.1 Å². The second-order valence-electron chi connectivity index (χ2n) is 4.72. The van der Waals surface area contributed by atoms with E-state index >= 15 is 0 Å². The lowest BCUT2D eigenvalue weighted by Gasteiger charge is -2.23. The van der Waals surface area contributed by atoms with Gasteiger partial charge in [0, 0.05) is 0 Å². The summed E-state index contributed by atoms with van der Waals surface area (Å²) in [7, 11) is 0. The molecular formula is C13H15FN2O5. The van der Waals surface area contributed by atoms with Crippen molar-refractivity contribution in [3.05, 3.63) is 39.7 Å². The molecule has 0 unspecified atom stereocenters. The summed E-state index contributed by atoms with van der Waals surface area (Å²) in [4.78, 5) is 33.7. The number of hydrogen-bond donors (Lipinski definition) is 1. The fraction of sp³-hybridized carbons (Fsp3) is 0.385. The van der Waals surface area contributed by atoms with Gasteiger partial charge in [0.15, 0.2) is 0 Å². The largest absolute Gasteiger partial charge is 0.464 e. The Bertz CT molecular complexity index is 586. The van der Waals surface area contributed by atoms with Gasteiger partial charge in [-0.25, -0.2) is 9.18 Å². The van der Waals surface area contributed by atoms with Crippen molar-refractivity contribution in [1.82, 2.24) is 5.32 Å². The van der Waals surface area contributed by atoms with Crippen LogP contribution in [0.5, 0.6) is 0 Å². The van der Waals surface area contributed by atoms with Gasteiger partial charge >= 0.3 is 5.97 Å². The average Bonchev–Trinajstić information content (AvgIpc) is 2.38. The molecule has 0 aromatic heterocycles. The summed E-state index contributed by atoms with van der Waals surface area (Å²) in [6.45, 7) is 4.55. The van der Waals surface area contributed by atoms with Crippen molar-refractivity contribution in [2.24, 2.45) is 0 Å². The molecule has 1 rings (SSSR count). The molecule has 7 nitrogen and oxygen atoms in total. The number of nitro groups is 1. The Morgan fingerprint density at radius 1 is 1.43 bits per heavy atom. The van der Waals surface area contributed by atoms with Gasteiger partial charge in [0.2, 0.25) is 0 Å². The molecule has 0 spiro atoms. The van der Waals surface area contributed by atoms with E-state index in [0.29, 0.717) is 6.07 Å². The van der Waals surface area contributed by atoms with Crippen molar-refractivity contribution in [2.45, 2.75) is 26.3 Å². The van der Waals surface area contributed by atoms with E-state index in [2.05, 4.69) is 5.32 Å². The van der Waals surface area contributed by atoms with Gasteiger partial charge in [-0.3, -0.25) is 14.9 Å². The summed E-state index contributed by atoms with van der Waals surface area (Å²) in [6.07, 6.45) is 0.